The van der Waals surface area contributed by atoms with Gasteiger partial charge in [0.25, 0.3) is 0 Å². The number of nitrogens with zero attached hydrogens (tertiary/aromatic N) is 3. The summed E-state index contributed by atoms with van der Waals surface area (Å²) in [7, 11) is -2.12. The SMILES string of the molecule is CC[C@@H](C(=O)N1CCN(c2ccc(OC)cc2)CC1)N(c1ccc(F)cc1)S(C)(=O)=O. The Morgan fingerprint density at radius 2 is 1.65 bits per heavy atom. The minimum atomic E-state index is -3.75. The zero-order valence-electron chi connectivity index (χ0n) is 18.0. The van der Waals surface area contributed by atoms with E-state index in [0.29, 0.717) is 32.6 Å². The molecule has 7 nitrogen and oxygen atoms in total. The number of methoxy groups -OCH3 is 1. The second-order valence-corrected chi connectivity index (χ2v) is 9.33. The van der Waals surface area contributed by atoms with E-state index < -0.39 is 21.9 Å². The van der Waals surface area contributed by atoms with Gasteiger partial charge in [0.1, 0.15) is 17.6 Å². The molecule has 31 heavy (non-hydrogen) atoms. The van der Waals surface area contributed by atoms with Gasteiger partial charge in [0.05, 0.1) is 19.1 Å². The Morgan fingerprint density at radius 1 is 1.06 bits per heavy atom. The summed E-state index contributed by atoms with van der Waals surface area (Å²) >= 11 is 0. The lowest BCUT2D eigenvalue weighted by molar-refractivity contribution is -0.132. The lowest BCUT2D eigenvalue weighted by Gasteiger charge is -2.39. The van der Waals surface area contributed by atoms with Crippen LogP contribution in [-0.4, -0.2) is 64.8 Å². The predicted octanol–water partition coefficient (Wildman–Crippen LogP) is 2.73. The molecule has 1 heterocycles. The van der Waals surface area contributed by atoms with Crippen LogP contribution in [0.3, 0.4) is 0 Å². The van der Waals surface area contributed by atoms with E-state index in [-0.39, 0.29) is 11.6 Å². The van der Waals surface area contributed by atoms with Gasteiger partial charge >= 0.3 is 0 Å². The molecule has 0 bridgehead atoms. The number of ether oxygens (including phenoxy) is 1. The van der Waals surface area contributed by atoms with E-state index in [1.807, 2.05) is 24.3 Å². The van der Waals surface area contributed by atoms with Crippen LogP contribution in [0.2, 0.25) is 0 Å². The number of carbonyl (C=O) groups excluding carboxylic acids is 1. The molecule has 1 amide bonds. The molecule has 1 atom stereocenters. The van der Waals surface area contributed by atoms with Crippen LogP contribution in [-0.2, 0) is 14.8 Å². The lowest BCUT2D eigenvalue weighted by Crippen LogP contribution is -2.56. The largest absolute Gasteiger partial charge is 0.497 e. The molecule has 1 fully saturated rings. The molecular weight excluding hydrogens is 421 g/mol. The number of rotatable bonds is 7. The smallest absolute Gasteiger partial charge is 0.246 e. The van der Waals surface area contributed by atoms with Gasteiger partial charge in [0.15, 0.2) is 0 Å². The molecule has 2 aromatic carbocycles. The first-order valence-electron chi connectivity index (χ1n) is 10.2. The maximum atomic E-state index is 13.3. The van der Waals surface area contributed by atoms with Crippen molar-refractivity contribution in [3.63, 3.8) is 0 Å². The molecule has 0 aliphatic carbocycles. The van der Waals surface area contributed by atoms with E-state index in [2.05, 4.69) is 4.90 Å². The molecule has 0 aromatic heterocycles. The topological polar surface area (TPSA) is 70.2 Å². The van der Waals surface area contributed by atoms with Gasteiger partial charge in [-0.25, -0.2) is 12.8 Å². The van der Waals surface area contributed by atoms with Gasteiger partial charge < -0.3 is 14.5 Å². The first-order valence-corrected chi connectivity index (χ1v) is 12.0. The van der Waals surface area contributed by atoms with E-state index in [0.717, 1.165) is 22.0 Å². The first-order chi connectivity index (χ1) is 14.7. The number of halogens is 1. The molecule has 0 unspecified atom stereocenters. The number of hydrogen-bond donors (Lipinski definition) is 0. The highest BCUT2D eigenvalue weighted by molar-refractivity contribution is 7.92. The van der Waals surface area contributed by atoms with Crippen LogP contribution in [0, 0.1) is 5.82 Å². The standard InChI is InChI=1S/C22H28FN3O4S/c1-4-21(26(31(3,28)29)19-7-5-17(23)6-8-19)22(27)25-15-13-24(14-16-25)18-9-11-20(30-2)12-10-18/h5-12,21H,4,13-16H2,1-3H3/t21-/m0/s1. The van der Waals surface area contributed by atoms with Crippen molar-refractivity contribution >= 4 is 27.3 Å². The second-order valence-electron chi connectivity index (χ2n) is 7.47. The Balaban J connectivity index is 1.74. The van der Waals surface area contributed by atoms with Crippen molar-refractivity contribution in [2.45, 2.75) is 19.4 Å². The van der Waals surface area contributed by atoms with Gasteiger partial charge in [-0.2, -0.15) is 0 Å². The fourth-order valence-corrected chi connectivity index (χ4v) is 5.03. The summed E-state index contributed by atoms with van der Waals surface area (Å²) in [5.41, 5.74) is 1.32. The van der Waals surface area contributed by atoms with Crippen LogP contribution in [0.1, 0.15) is 13.3 Å². The molecule has 1 saturated heterocycles. The zero-order chi connectivity index (χ0) is 22.6. The van der Waals surface area contributed by atoms with Gasteiger partial charge in [-0.15, -0.1) is 0 Å². The maximum Gasteiger partial charge on any atom is 0.246 e. The molecule has 0 spiro atoms. The van der Waals surface area contributed by atoms with Gasteiger partial charge in [0.2, 0.25) is 15.9 Å². The van der Waals surface area contributed by atoms with Crippen molar-refractivity contribution in [1.29, 1.82) is 0 Å². The average molecular weight is 450 g/mol. The third kappa shape index (κ3) is 5.28. The van der Waals surface area contributed by atoms with E-state index in [1.54, 1.807) is 18.9 Å². The van der Waals surface area contributed by atoms with Crippen LogP contribution in [0.4, 0.5) is 15.8 Å². The third-order valence-corrected chi connectivity index (χ3v) is 6.60. The fourth-order valence-electron chi connectivity index (χ4n) is 3.82. The molecule has 1 aliphatic heterocycles. The monoisotopic (exact) mass is 449 g/mol. The highest BCUT2D eigenvalue weighted by atomic mass is 32.2. The van der Waals surface area contributed by atoms with Crippen LogP contribution < -0.4 is 13.9 Å². The van der Waals surface area contributed by atoms with Gasteiger partial charge in [-0.1, -0.05) is 6.92 Å². The summed E-state index contributed by atoms with van der Waals surface area (Å²) in [6, 6.07) is 12.0. The number of sulfonamides is 1. The van der Waals surface area contributed by atoms with E-state index in [4.69, 9.17) is 4.74 Å². The summed E-state index contributed by atoms with van der Waals surface area (Å²) in [6.45, 7) is 4.04. The van der Waals surface area contributed by atoms with Crippen molar-refractivity contribution in [1.82, 2.24) is 4.90 Å². The number of amides is 1. The van der Waals surface area contributed by atoms with Crippen molar-refractivity contribution in [2.75, 3.05) is 48.7 Å². The normalized spacial score (nSPS) is 15.5. The summed E-state index contributed by atoms with van der Waals surface area (Å²) in [5, 5.41) is 0. The summed E-state index contributed by atoms with van der Waals surface area (Å²) in [6.07, 6.45) is 1.37. The summed E-state index contributed by atoms with van der Waals surface area (Å²) in [5.74, 6) is 0.0721. The zero-order valence-corrected chi connectivity index (χ0v) is 18.8. The van der Waals surface area contributed by atoms with Crippen LogP contribution in [0.25, 0.3) is 0 Å². The number of piperazine rings is 1. The van der Waals surface area contributed by atoms with Crippen LogP contribution in [0.15, 0.2) is 48.5 Å². The Labute approximate surface area is 183 Å². The molecule has 0 N–H and O–H groups in total. The quantitative estimate of drug-likeness (QED) is 0.650. The highest BCUT2D eigenvalue weighted by Crippen LogP contribution is 2.25. The maximum absolute atomic E-state index is 13.3. The number of hydrogen-bond acceptors (Lipinski definition) is 5. The van der Waals surface area contributed by atoms with Crippen molar-refractivity contribution < 1.29 is 22.3 Å². The lowest BCUT2D eigenvalue weighted by atomic mass is 10.1. The second kappa shape index (κ2) is 9.55. The van der Waals surface area contributed by atoms with E-state index >= 15 is 0 Å². The Hall–Kier alpha value is -2.81. The minimum absolute atomic E-state index is 0.244. The molecule has 9 heteroatoms. The molecule has 1 aliphatic rings. The first kappa shape index (κ1) is 22.9. The molecule has 3 rings (SSSR count). The number of anilines is 2. The van der Waals surface area contributed by atoms with Crippen molar-refractivity contribution in [2.24, 2.45) is 0 Å². The van der Waals surface area contributed by atoms with Crippen molar-refractivity contribution in [3.05, 3.63) is 54.3 Å². The van der Waals surface area contributed by atoms with Gasteiger partial charge in [0, 0.05) is 31.9 Å². The van der Waals surface area contributed by atoms with Crippen LogP contribution >= 0.6 is 0 Å². The van der Waals surface area contributed by atoms with E-state index in [9.17, 15) is 17.6 Å². The predicted molar refractivity (Wildman–Crippen MR) is 120 cm³/mol. The van der Waals surface area contributed by atoms with E-state index in [1.165, 1.54) is 24.3 Å². The van der Waals surface area contributed by atoms with Gasteiger partial charge in [-0.3, -0.25) is 9.10 Å². The molecule has 0 radical (unpaired) electrons. The minimum Gasteiger partial charge on any atom is -0.497 e. The fraction of sp³-hybridized carbons (Fsp3) is 0.409. The van der Waals surface area contributed by atoms with Gasteiger partial charge in [-0.05, 0) is 55.0 Å². The Bertz CT molecular complexity index is 988. The van der Waals surface area contributed by atoms with Crippen molar-refractivity contribution in [3.8, 4) is 5.75 Å². The Kier molecular flexibility index (Phi) is 7.04. The third-order valence-electron chi connectivity index (χ3n) is 5.42. The summed E-state index contributed by atoms with van der Waals surface area (Å²) < 4.78 is 44.7. The number of carbonyl (C=O) groups is 1. The Morgan fingerprint density at radius 3 is 2.13 bits per heavy atom. The number of benzene rings is 2. The highest BCUT2D eigenvalue weighted by Gasteiger charge is 2.35. The molecule has 168 valence electrons. The molecular formula is C22H28FN3O4S. The average Bonchev–Trinajstić information content (AvgIpc) is 2.77. The van der Waals surface area contributed by atoms with Crippen LogP contribution in [0.5, 0.6) is 5.75 Å². The molecule has 0 saturated carbocycles. The summed E-state index contributed by atoms with van der Waals surface area (Å²) in [4.78, 5) is 17.2. The molecule has 2 aromatic rings.